The molecule has 2 aromatic heterocycles. The maximum Gasteiger partial charge on any atom is 0.297 e. The van der Waals surface area contributed by atoms with Crippen molar-refractivity contribution in [3.05, 3.63) is 27.5 Å². The summed E-state index contributed by atoms with van der Waals surface area (Å²) in [7, 11) is 0. The van der Waals surface area contributed by atoms with E-state index in [0.29, 0.717) is 22.4 Å². The Kier molecular flexibility index (Phi) is 2.25. The number of nitrogens with zero attached hydrogens (tertiary/aromatic N) is 1. The molecule has 2 rings (SSSR count). The summed E-state index contributed by atoms with van der Waals surface area (Å²) in [5.74, 6) is 0. The van der Waals surface area contributed by atoms with Gasteiger partial charge in [-0.25, -0.2) is 0 Å². The Labute approximate surface area is 85.2 Å². The topological polar surface area (TPSA) is 50.9 Å². The maximum absolute atomic E-state index is 11.8. The van der Waals surface area contributed by atoms with Crippen LogP contribution in [0.3, 0.4) is 0 Å². The Morgan fingerprint density at radius 1 is 1.64 bits per heavy atom. The molecule has 74 valence electrons. The fraction of sp³-hybridized carbons (Fsp3) is 0.333. The van der Waals surface area contributed by atoms with Crippen molar-refractivity contribution in [2.75, 3.05) is 0 Å². The number of aromatic nitrogens is 2. The minimum absolute atomic E-state index is 0.157. The lowest BCUT2D eigenvalue weighted by Crippen LogP contribution is -2.21. The van der Waals surface area contributed by atoms with Crippen LogP contribution in [0.4, 0.5) is 0 Å². The van der Waals surface area contributed by atoms with Crippen LogP contribution in [-0.2, 0) is 6.54 Å². The highest BCUT2D eigenvalue weighted by Gasteiger charge is 2.06. The zero-order valence-electron chi connectivity index (χ0n) is 7.74. The number of hydrogen-bond donors (Lipinski definition) is 1. The summed E-state index contributed by atoms with van der Waals surface area (Å²) in [5.41, 5.74) is 0.843. The number of hydrogen-bond acceptors (Lipinski definition) is 3. The SMILES string of the molecule is CCCn1c(=S)[nH]c2ccoc2c1=O. The predicted molar refractivity (Wildman–Crippen MR) is 55.9 cm³/mol. The molecule has 0 saturated carbocycles. The van der Waals surface area contributed by atoms with E-state index in [-0.39, 0.29) is 5.56 Å². The Hall–Kier alpha value is -1.36. The van der Waals surface area contributed by atoms with E-state index in [1.54, 1.807) is 6.07 Å². The Bertz CT molecular complexity index is 564. The number of fused-ring (bicyclic) bond motifs is 1. The van der Waals surface area contributed by atoms with Crippen molar-refractivity contribution >= 4 is 23.3 Å². The van der Waals surface area contributed by atoms with E-state index in [1.807, 2.05) is 6.92 Å². The monoisotopic (exact) mass is 210 g/mol. The molecule has 2 aromatic rings. The molecule has 0 fully saturated rings. The van der Waals surface area contributed by atoms with Gasteiger partial charge in [-0.15, -0.1) is 0 Å². The first-order valence-corrected chi connectivity index (χ1v) is 4.85. The zero-order valence-corrected chi connectivity index (χ0v) is 8.56. The van der Waals surface area contributed by atoms with Gasteiger partial charge in [0, 0.05) is 12.6 Å². The molecule has 0 aromatic carbocycles. The van der Waals surface area contributed by atoms with Crippen LogP contribution in [0.25, 0.3) is 11.1 Å². The minimum Gasteiger partial charge on any atom is -0.457 e. The lowest BCUT2D eigenvalue weighted by molar-refractivity contribution is 0.583. The quantitative estimate of drug-likeness (QED) is 0.772. The summed E-state index contributed by atoms with van der Waals surface area (Å²) in [4.78, 5) is 14.7. The van der Waals surface area contributed by atoms with Crippen molar-refractivity contribution < 1.29 is 4.42 Å². The van der Waals surface area contributed by atoms with Crippen LogP contribution < -0.4 is 5.56 Å². The summed E-state index contributed by atoms with van der Waals surface area (Å²) in [6, 6.07) is 1.70. The van der Waals surface area contributed by atoms with Crippen LogP contribution in [0.1, 0.15) is 13.3 Å². The summed E-state index contributed by atoms with van der Waals surface area (Å²) >= 11 is 5.06. The normalized spacial score (nSPS) is 10.9. The molecule has 2 heterocycles. The number of nitrogens with one attached hydrogen (secondary N) is 1. The van der Waals surface area contributed by atoms with Gasteiger partial charge in [0.25, 0.3) is 5.56 Å². The molecule has 0 radical (unpaired) electrons. The Morgan fingerprint density at radius 3 is 3.14 bits per heavy atom. The van der Waals surface area contributed by atoms with Gasteiger partial charge in [-0.1, -0.05) is 6.92 Å². The highest BCUT2D eigenvalue weighted by molar-refractivity contribution is 7.71. The van der Waals surface area contributed by atoms with E-state index < -0.39 is 0 Å². The van der Waals surface area contributed by atoms with Crippen molar-refractivity contribution in [1.29, 1.82) is 0 Å². The minimum atomic E-state index is -0.157. The van der Waals surface area contributed by atoms with Crippen LogP contribution in [0.5, 0.6) is 0 Å². The highest BCUT2D eigenvalue weighted by Crippen LogP contribution is 2.07. The molecule has 0 amide bonds. The second-order valence-electron chi connectivity index (χ2n) is 3.05. The summed E-state index contributed by atoms with van der Waals surface area (Å²) < 4.78 is 7.04. The van der Waals surface area contributed by atoms with Gasteiger partial charge in [-0.05, 0) is 18.6 Å². The first kappa shape index (κ1) is 9.21. The fourth-order valence-corrected chi connectivity index (χ4v) is 1.68. The first-order chi connectivity index (χ1) is 6.74. The standard InChI is InChI=1S/C9H10N2O2S/c1-2-4-11-8(12)7-6(3-5-13-7)10-9(11)14/h3,5H,2,4H2,1H3,(H,10,14). The van der Waals surface area contributed by atoms with Crippen molar-refractivity contribution in [3.8, 4) is 0 Å². The number of furan rings is 1. The van der Waals surface area contributed by atoms with E-state index in [4.69, 9.17) is 16.6 Å². The molecule has 4 nitrogen and oxygen atoms in total. The van der Waals surface area contributed by atoms with E-state index in [9.17, 15) is 4.79 Å². The molecule has 14 heavy (non-hydrogen) atoms. The van der Waals surface area contributed by atoms with E-state index in [0.717, 1.165) is 6.42 Å². The molecule has 5 heteroatoms. The molecule has 0 aliphatic heterocycles. The summed E-state index contributed by atoms with van der Waals surface area (Å²) in [6.45, 7) is 2.61. The molecule has 0 aliphatic rings. The van der Waals surface area contributed by atoms with Gasteiger partial charge in [0.2, 0.25) is 5.58 Å². The van der Waals surface area contributed by atoms with Crippen LogP contribution in [0, 0.1) is 4.77 Å². The average Bonchev–Trinajstić information content (AvgIpc) is 2.60. The van der Waals surface area contributed by atoms with Crippen LogP contribution in [0.15, 0.2) is 21.5 Å². The fourth-order valence-electron chi connectivity index (χ4n) is 1.40. The maximum atomic E-state index is 11.8. The van der Waals surface area contributed by atoms with Gasteiger partial charge in [0.15, 0.2) is 4.77 Å². The third kappa shape index (κ3) is 1.29. The molecule has 0 atom stereocenters. The third-order valence-corrected chi connectivity index (χ3v) is 2.36. The lowest BCUT2D eigenvalue weighted by Gasteiger charge is -2.02. The van der Waals surface area contributed by atoms with Gasteiger partial charge >= 0.3 is 0 Å². The molecule has 0 aliphatic carbocycles. The van der Waals surface area contributed by atoms with Crippen LogP contribution in [-0.4, -0.2) is 9.55 Å². The molecule has 0 bridgehead atoms. The molecule has 1 N–H and O–H groups in total. The van der Waals surface area contributed by atoms with Gasteiger partial charge in [0.05, 0.1) is 11.8 Å². The average molecular weight is 210 g/mol. The summed E-state index contributed by atoms with van der Waals surface area (Å²) in [6.07, 6.45) is 2.34. The predicted octanol–water partition coefficient (Wildman–Crippen LogP) is 2.06. The van der Waals surface area contributed by atoms with Gasteiger partial charge in [-0.2, -0.15) is 0 Å². The van der Waals surface area contributed by atoms with Crippen molar-refractivity contribution in [1.82, 2.24) is 9.55 Å². The molecular formula is C9H10N2O2S. The highest BCUT2D eigenvalue weighted by atomic mass is 32.1. The van der Waals surface area contributed by atoms with Crippen molar-refractivity contribution in [2.45, 2.75) is 19.9 Å². The first-order valence-electron chi connectivity index (χ1n) is 4.44. The summed E-state index contributed by atoms with van der Waals surface area (Å²) in [5, 5.41) is 0. The van der Waals surface area contributed by atoms with Crippen molar-refractivity contribution in [2.24, 2.45) is 0 Å². The van der Waals surface area contributed by atoms with Crippen LogP contribution >= 0.6 is 12.2 Å². The smallest absolute Gasteiger partial charge is 0.297 e. The zero-order chi connectivity index (χ0) is 10.1. The number of rotatable bonds is 2. The van der Waals surface area contributed by atoms with Crippen LogP contribution in [0.2, 0.25) is 0 Å². The second kappa shape index (κ2) is 3.42. The second-order valence-corrected chi connectivity index (χ2v) is 3.44. The molecule has 0 spiro atoms. The molecule has 0 unspecified atom stereocenters. The van der Waals surface area contributed by atoms with E-state index in [1.165, 1.54) is 10.8 Å². The Balaban J connectivity index is 2.83. The van der Waals surface area contributed by atoms with E-state index in [2.05, 4.69) is 4.98 Å². The van der Waals surface area contributed by atoms with Gasteiger partial charge < -0.3 is 9.40 Å². The number of aromatic amines is 1. The number of H-pyrrole nitrogens is 1. The van der Waals surface area contributed by atoms with E-state index >= 15 is 0 Å². The lowest BCUT2D eigenvalue weighted by atomic mass is 10.4. The van der Waals surface area contributed by atoms with Gasteiger partial charge in [-0.3, -0.25) is 9.36 Å². The molecule has 0 saturated heterocycles. The third-order valence-electron chi connectivity index (χ3n) is 2.04. The molecular weight excluding hydrogens is 200 g/mol. The Morgan fingerprint density at radius 2 is 2.43 bits per heavy atom. The van der Waals surface area contributed by atoms with Gasteiger partial charge in [0.1, 0.15) is 0 Å². The largest absolute Gasteiger partial charge is 0.457 e. The van der Waals surface area contributed by atoms with Crippen molar-refractivity contribution in [3.63, 3.8) is 0 Å².